The van der Waals surface area contributed by atoms with Crippen molar-refractivity contribution in [1.82, 2.24) is 10.2 Å². The molecular weight excluding hydrogens is 559 g/mol. The Bertz CT molecular complexity index is 1400. The Morgan fingerprint density at radius 3 is 2.51 bits per heavy atom. The Labute approximate surface area is 218 Å². The number of imide groups is 2. The molecule has 6 rings (SSSR count). The number of aromatic hydroxyl groups is 1. The number of rotatable bonds is 2. The molecule has 180 valence electrons. The van der Waals surface area contributed by atoms with Crippen molar-refractivity contribution in [2.75, 3.05) is 5.45 Å². The van der Waals surface area contributed by atoms with Crippen LogP contribution in [0.2, 0.25) is 0 Å². The molecule has 2 heterocycles. The molecule has 4 amide bonds. The van der Waals surface area contributed by atoms with E-state index in [4.69, 9.17) is 23.2 Å². The second kappa shape index (κ2) is 7.54. The standard InChI is InChI=1S/C25H19BrCl2N2O5/c26-10-30-22(34)24(27)9-16-13(7-8-14-17(16)21(33)29-20(14)32)18(25(24,28)23(30)35)15-6-5-11-3-1-2-4-12(11)19(15)31/h1-7,14,16-18,31H,8-10H2,(H,29,32,33). The van der Waals surface area contributed by atoms with E-state index in [-0.39, 0.29) is 30.0 Å². The van der Waals surface area contributed by atoms with Crippen molar-refractivity contribution < 1.29 is 24.3 Å². The van der Waals surface area contributed by atoms with Gasteiger partial charge in [-0.2, -0.15) is 0 Å². The molecule has 35 heavy (non-hydrogen) atoms. The molecular formula is C25H19BrCl2N2O5. The Morgan fingerprint density at radius 2 is 1.77 bits per heavy atom. The fourth-order valence-electron chi connectivity index (χ4n) is 6.51. The summed E-state index contributed by atoms with van der Waals surface area (Å²) in [6.45, 7) is 0. The predicted octanol–water partition coefficient (Wildman–Crippen LogP) is 3.54. The van der Waals surface area contributed by atoms with E-state index in [2.05, 4.69) is 21.2 Å². The number of fused-ring (bicyclic) bond motifs is 5. The molecule has 2 saturated heterocycles. The molecule has 0 radical (unpaired) electrons. The minimum absolute atomic E-state index is 0.0692. The fraction of sp³-hybridized carbons (Fsp3) is 0.360. The summed E-state index contributed by atoms with van der Waals surface area (Å²) in [5.74, 6) is -5.08. The van der Waals surface area contributed by atoms with E-state index in [0.29, 0.717) is 16.5 Å². The van der Waals surface area contributed by atoms with Crippen LogP contribution in [0.5, 0.6) is 5.75 Å². The van der Waals surface area contributed by atoms with Crippen LogP contribution in [0, 0.1) is 17.8 Å². The fourth-order valence-corrected chi connectivity index (χ4v) is 7.93. The molecule has 2 aliphatic heterocycles. The third-order valence-corrected chi connectivity index (χ3v) is 10.0. The van der Waals surface area contributed by atoms with Crippen LogP contribution in [0.15, 0.2) is 48.0 Å². The monoisotopic (exact) mass is 576 g/mol. The molecule has 6 unspecified atom stereocenters. The zero-order valence-corrected chi connectivity index (χ0v) is 21.2. The summed E-state index contributed by atoms with van der Waals surface area (Å²) in [5.41, 5.74) is 0.893. The molecule has 2 aliphatic carbocycles. The van der Waals surface area contributed by atoms with Crippen LogP contribution in [0.1, 0.15) is 24.3 Å². The van der Waals surface area contributed by atoms with E-state index >= 15 is 0 Å². The highest BCUT2D eigenvalue weighted by molar-refractivity contribution is 9.09. The first-order chi connectivity index (χ1) is 16.6. The first kappa shape index (κ1) is 23.0. The molecule has 7 nitrogen and oxygen atoms in total. The number of alkyl halides is 3. The number of hydrogen-bond acceptors (Lipinski definition) is 5. The molecule has 2 N–H and O–H groups in total. The van der Waals surface area contributed by atoms with E-state index in [1.165, 1.54) is 0 Å². The number of carbonyl (C=O) groups excluding carboxylic acids is 4. The largest absolute Gasteiger partial charge is 0.507 e. The molecule has 10 heteroatoms. The van der Waals surface area contributed by atoms with E-state index in [0.717, 1.165) is 10.3 Å². The van der Waals surface area contributed by atoms with Crippen molar-refractivity contribution in [3.63, 3.8) is 0 Å². The summed E-state index contributed by atoms with van der Waals surface area (Å²) in [7, 11) is 0. The molecule has 0 aromatic heterocycles. The third-order valence-electron chi connectivity index (χ3n) is 8.10. The SMILES string of the molecule is O=C1NC(=O)C2C1CC=C1C2CC2(Cl)C(=O)N(CBr)C(=O)C2(Cl)C1c1ccc2ccccc2c1O. The average Bonchev–Trinajstić information content (AvgIpc) is 3.21. The molecule has 4 aliphatic rings. The van der Waals surface area contributed by atoms with Crippen LogP contribution in [-0.4, -0.2) is 48.8 Å². The number of hydrogen-bond donors (Lipinski definition) is 2. The lowest BCUT2D eigenvalue weighted by Gasteiger charge is -2.50. The number of nitrogens with one attached hydrogen (secondary N) is 1. The maximum absolute atomic E-state index is 13.7. The predicted molar refractivity (Wildman–Crippen MR) is 132 cm³/mol. The van der Waals surface area contributed by atoms with Crippen LogP contribution in [0.4, 0.5) is 0 Å². The highest BCUT2D eigenvalue weighted by Crippen LogP contribution is 2.66. The number of nitrogens with zero attached hydrogens (tertiary/aromatic N) is 1. The number of halogens is 3. The van der Waals surface area contributed by atoms with Crippen LogP contribution in [0.3, 0.4) is 0 Å². The molecule has 2 aromatic carbocycles. The molecule has 0 bridgehead atoms. The smallest absolute Gasteiger partial charge is 0.254 e. The molecule has 0 spiro atoms. The van der Waals surface area contributed by atoms with E-state index < -0.39 is 51.1 Å². The van der Waals surface area contributed by atoms with Crippen LogP contribution in [-0.2, 0) is 19.2 Å². The van der Waals surface area contributed by atoms with Crippen LogP contribution < -0.4 is 5.32 Å². The van der Waals surface area contributed by atoms with Gasteiger partial charge in [0.25, 0.3) is 11.8 Å². The van der Waals surface area contributed by atoms with Gasteiger partial charge in [0.05, 0.1) is 17.3 Å². The van der Waals surface area contributed by atoms with Gasteiger partial charge in [-0.25, -0.2) is 0 Å². The Balaban J connectivity index is 1.64. The number of benzene rings is 2. The number of likely N-dealkylation sites (tertiary alicyclic amines) is 1. The van der Waals surface area contributed by atoms with Gasteiger partial charge in [0.15, 0.2) is 9.75 Å². The van der Waals surface area contributed by atoms with Crippen molar-refractivity contribution in [3.8, 4) is 5.75 Å². The zero-order chi connectivity index (χ0) is 24.9. The van der Waals surface area contributed by atoms with E-state index in [1.54, 1.807) is 18.2 Å². The normalized spacial score (nSPS) is 36.1. The summed E-state index contributed by atoms with van der Waals surface area (Å²) in [4.78, 5) is 49.6. The minimum Gasteiger partial charge on any atom is -0.507 e. The zero-order valence-electron chi connectivity index (χ0n) is 18.1. The quantitative estimate of drug-likeness (QED) is 0.246. The van der Waals surface area contributed by atoms with Gasteiger partial charge in [-0.05, 0) is 24.1 Å². The van der Waals surface area contributed by atoms with Crippen molar-refractivity contribution >= 4 is 73.5 Å². The number of carbonyl (C=O) groups is 4. The lowest BCUT2D eigenvalue weighted by molar-refractivity contribution is -0.138. The highest BCUT2D eigenvalue weighted by Gasteiger charge is 2.76. The number of phenols is 1. The second-order valence-corrected chi connectivity index (χ2v) is 11.3. The van der Waals surface area contributed by atoms with E-state index in [1.807, 2.05) is 24.3 Å². The molecule has 6 atom stereocenters. The molecule has 1 saturated carbocycles. The third kappa shape index (κ3) is 2.73. The van der Waals surface area contributed by atoms with Gasteiger partial charge in [-0.1, -0.05) is 64.0 Å². The Kier molecular flexibility index (Phi) is 4.96. The summed E-state index contributed by atoms with van der Waals surface area (Å²) < 4.78 is 0. The minimum atomic E-state index is -1.94. The topological polar surface area (TPSA) is 104 Å². The van der Waals surface area contributed by atoms with Gasteiger partial charge >= 0.3 is 0 Å². The van der Waals surface area contributed by atoms with Crippen LogP contribution in [0.25, 0.3) is 10.8 Å². The molecule has 2 aromatic rings. The molecule has 3 fully saturated rings. The summed E-state index contributed by atoms with van der Waals surface area (Å²) in [6.07, 6.45) is 2.04. The first-order valence-electron chi connectivity index (χ1n) is 11.2. The summed E-state index contributed by atoms with van der Waals surface area (Å²) in [6, 6.07) is 10.7. The lowest BCUT2D eigenvalue weighted by Crippen LogP contribution is -2.60. The number of amides is 4. The highest BCUT2D eigenvalue weighted by atomic mass is 79.9. The van der Waals surface area contributed by atoms with Gasteiger partial charge < -0.3 is 5.11 Å². The van der Waals surface area contributed by atoms with Crippen molar-refractivity contribution in [2.24, 2.45) is 17.8 Å². The van der Waals surface area contributed by atoms with Crippen molar-refractivity contribution in [1.29, 1.82) is 0 Å². The average molecular weight is 578 g/mol. The second-order valence-electron chi connectivity index (χ2n) is 9.56. The van der Waals surface area contributed by atoms with Gasteiger partial charge in [0.1, 0.15) is 5.75 Å². The van der Waals surface area contributed by atoms with Gasteiger partial charge in [0, 0.05) is 16.9 Å². The Hall–Kier alpha value is -2.42. The summed E-state index contributed by atoms with van der Waals surface area (Å²) >= 11 is 17.4. The van der Waals surface area contributed by atoms with Crippen molar-refractivity contribution in [3.05, 3.63) is 53.6 Å². The van der Waals surface area contributed by atoms with Gasteiger partial charge in [-0.3, -0.25) is 29.4 Å². The summed E-state index contributed by atoms with van der Waals surface area (Å²) in [5, 5.41) is 15.1. The van der Waals surface area contributed by atoms with Gasteiger partial charge in [0.2, 0.25) is 11.8 Å². The Morgan fingerprint density at radius 1 is 1.03 bits per heavy atom. The van der Waals surface area contributed by atoms with Gasteiger partial charge in [-0.15, -0.1) is 23.2 Å². The van der Waals surface area contributed by atoms with E-state index in [9.17, 15) is 24.3 Å². The number of phenolic OH excluding ortho intramolecular Hbond substituents is 1. The maximum Gasteiger partial charge on any atom is 0.254 e. The lowest BCUT2D eigenvalue weighted by atomic mass is 9.56. The van der Waals surface area contributed by atoms with Crippen molar-refractivity contribution in [2.45, 2.75) is 28.5 Å². The number of allylic oxidation sites excluding steroid dienone is 2. The maximum atomic E-state index is 13.7. The first-order valence-corrected chi connectivity index (χ1v) is 13.1. The van der Waals surface area contributed by atoms with Crippen LogP contribution >= 0.6 is 39.1 Å².